The van der Waals surface area contributed by atoms with Crippen LogP contribution in [0.15, 0.2) is 66.9 Å². The molecule has 0 bridgehead atoms. The molecule has 2 atom stereocenters. The number of likely N-dealkylation sites (tertiary alicyclic amines) is 1. The minimum absolute atomic E-state index is 0.0141. The van der Waals surface area contributed by atoms with E-state index in [4.69, 9.17) is 4.74 Å². The number of ether oxygens (including phenoxy) is 1. The Kier molecular flexibility index (Phi) is 5.21. The van der Waals surface area contributed by atoms with Crippen LogP contribution in [0.4, 0.5) is 0 Å². The molecule has 0 saturated carbocycles. The van der Waals surface area contributed by atoms with Crippen molar-refractivity contribution in [3.05, 3.63) is 89.2 Å². The third-order valence-corrected chi connectivity index (χ3v) is 6.74. The van der Waals surface area contributed by atoms with Gasteiger partial charge in [0.05, 0.1) is 25.6 Å². The molecule has 2 aliphatic rings. The maximum absolute atomic E-state index is 13.3. The zero-order chi connectivity index (χ0) is 22.2. The van der Waals surface area contributed by atoms with Gasteiger partial charge in [-0.1, -0.05) is 36.4 Å². The number of aromatic nitrogens is 1. The van der Waals surface area contributed by atoms with Crippen LogP contribution in [0.25, 0.3) is 0 Å². The van der Waals surface area contributed by atoms with Crippen LogP contribution in [0.1, 0.15) is 33.2 Å². The normalized spacial score (nSPS) is 19.6. The Labute approximate surface area is 188 Å². The number of amides is 2. The van der Waals surface area contributed by atoms with Crippen molar-refractivity contribution in [1.29, 1.82) is 0 Å². The Morgan fingerprint density at radius 1 is 1.00 bits per heavy atom. The fourth-order valence-corrected chi connectivity index (χ4v) is 4.91. The number of nitrogens with zero attached hydrogens (tertiary/aromatic N) is 3. The summed E-state index contributed by atoms with van der Waals surface area (Å²) in [5.41, 5.74) is 3.91. The first-order valence-corrected chi connectivity index (χ1v) is 11.0. The molecule has 0 unspecified atom stereocenters. The average molecular weight is 430 g/mol. The number of benzene rings is 2. The van der Waals surface area contributed by atoms with Crippen LogP contribution >= 0.6 is 0 Å². The predicted octanol–water partition coefficient (Wildman–Crippen LogP) is 3.46. The molecule has 0 aliphatic carbocycles. The minimum Gasteiger partial charge on any atom is -0.497 e. The Morgan fingerprint density at radius 3 is 2.50 bits per heavy atom. The van der Waals surface area contributed by atoms with Crippen LogP contribution in [0.2, 0.25) is 0 Å². The third-order valence-electron chi connectivity index (χ3n) is 6.74. The van der Waals surface area contributed by atoms with Crippen molar-refractivity contribution in [2.24, 2.45) is 0 Å². The highest BCUT2D eigenvalue weighted by Gasteiger charge is 2.46. The smallest absolute Gasteiger partial charge is 0.271 e. The maximum atomic E-state index is 13.3. The molecule has 0 radical (unpaired) electrons. The van der Waals surface area contributed by atoms with Gasteiger partial charge >= 0.3 is 0 Å². The monoisotopic (exact) mass is 429 g/mol. The molecule has 0 spiro atoms. The standard InChI is InChI=1S/C26H27N3O3/c1-18-6-3-4-7-20(18)14-25(30)27-16-23-24(17-27)29(26(31)22-8-5-13-28(22)23)15-19-9-11-21(32-2)12-10-19/h3-13,23-24H,14-17H2,1-2H3/t23-,24+/m0/s1. The van der Waals surface area contributed by atoms with Gasteiger partial charge in [-0.25, -0.2) is 0 Å². The topological polar surface area (TPSA) is 54.8 Å². The van der Waals surface area contributed by atoms with Crippen molar-refractivity contribution >= 4 is 11.8 Å². The number of hydrogen-bond acceptors (Lipinski definition) is 3. The summed E-state index contributed by atoms with van der Waals surface area (Å²) in [5.74, 6) is 0.916. The molecule has 164 valence electrons. The van der Waals surface area contributed by atoms with E-state index in [0.29, 0.717) is 31.7 Å². The van der Waals surface area contributed by atoms with Gasteiger partial charge in [0.1, 0.15) is 11.4 Å². The lowest BCUT2D eigenvalue weighted by atomic mass is 10.0. The lowest BCUT2D eigenvalue weighted by Gasteiger charge is -2.38. The summed E-state index contributed by atoms with van der Waals surface area (Å²) in [6, 6.07) is 19.6. The van der Waals surface area contributed by atoms with Gasteiger partial charge < -0.3 is 19.1 Å². The van der Waals surface area contributed by atoms with E-state index in [0.717, 1.165) is 22.4 Å². The Bertz CT molecular complexity index is 1150. The summed E-state index contributed by atoms with van der Waals surface area (Å²) in [6.07, 6.45) is 2.35. The van der Waals surface area contributed by atoms with Crippen molar-refractivity contribution in [1.82, 2.24) is 14.4 Å². The SMILES string of the molecule is COc1ccc(CN2C(=O)c3cccn3[C@H]3CN(C(=O)Cc4ccccc4C)C[C@H]32)cc1. The van der Waals surface area contributed by atoms with Gasteiger partial charge in [0.2, 0.25) is 5.91 Å². The van der Waals surface area contributed by atoms with Crippen LogP contribution < -0.4 is 4.74 Å². The number of fused-ring (bicyclic) bond motifs is 3. The molecule has 5 rings (SSSR count). The molecule has 1 fully saturated rings. The van der Waals surface area contributed by atoms with E-state index in [2.05, 4.69) is 4.57 Å². The highest BCUT2D eigenvalue weighted by Crippen LogP contribution is 2.35. The number of aryl methyl sites for hydroxylation is 1. The number of methoxy groups -OCH3 is 1. The van der Waals surface area contributed by atoms with Crippen LogP contribution in [0, 0.1) is 6.92 Å². The molecule has 2 amide bonds. The Morgan fingerprint density at radius 2 is 1.75 bits per heavy atom. The number of rotatable bonds is 5. The minimum atomic E-state index is -0.0506. The molecule has 3 heterocycles. The van der Waals surface area contributed by atoms with Gasteiger partial charge in [-0.3, -0.25) is 9.59 Å². The summed E-state index contributed by atoms with van der Waals surface area (Å²) in [7, 11) is 1.64. The molecular weight excluding hydrogens is 402 g/mol. The van der Waals surface area contributed by atoms with E-state index in [9.17, 15) is 9.59 Å². The van der Waals surface area contributed by atoms with Gasteiger partial charge in [0, 0.05) is 25.8 Å². The largest absolute Gasteiger partial charge is 0.497 e. The lowest BCUT2D eigenvalue weighted by molar-refractivity contribution is -0.129. The number of hydrogen-bond donors (Lipinski definition) is 0. The molecule has 2 aliphatic heterocycles. The fourth-order valence-electron chi connectivity index (χ4n) is 4.91. The predicted molar refractivity (Wildman–Crippen MR) is 122 cm³/mol. The van der Waals surface area contributed by atoms with Crippen molar-refractivity contribution in [3.63, 3.8) is 0 Å². The first-order valence-electron chi connectivity index (χ1n) is 11.0. The quantitative estimate of drug-likeness (QED) is 0.624. The molecule has 3 aromatic rings. The second kappa shape index (κ2) is 8.19. The van der Waals surface area contributed by atoms with Crippen LogP contribution in [-0.4, -0.2) is 52.4 Å². The summed E-state index contributed by atoms with van der Waals surface area (Å²) in [6.45, 7) is 3.71. The zero-order valence-corrected chi connectivity index (χ0v) is 18.4. The molecule has 1 aromatic heterocycles. The van der Waals surface area contributed by atoms with E-state index in [-0.39, 0.29) is 23.9 Å². The van der Waals surface area contributed by atoms with Gasteiger partial charge in [-0.2, -0.15) is 0 Å². The second-order valence-electron chi connectivity index (χ2n) is 8.62. The van der Waals surface area contributed by atoms with Gasteiger partial charge in [0.25, 0.3) is 5.91 Å². The molecule has 0 N–H and O–H groups in total. The molecule has 6 nitrogen and oxygen atoms in total. The van der Waals surface area contributed by atoms with E-state index < -0.39 is 0 Å². The number of carbonyl (C=O) groups excluding carboxylic acids is 2. The lowest BCUT2D eigenvalue weighted by Crippen LogP contribution is -2.49. The van der Waals surface area contributed by atoms with E-state index >= 15 is 0 Å². The Hall–Kier alpha value is -3.54. The summed E-state index contributed by atoms with van der Waals surface area (Å²) < 4.78 is 7.31. The molecule has 32 heavy (non-hydrogen) atoms. The van der Waals surface area contributed by atoms with E-state index in [1.165, 1.54) is 0 Å². The maximum Gasteiger partial charge on any atom is 0.271 e. The van der Waals surface area contributed by atoms with Crippen LogP contribution in [-0.2, 0) is 17.8 Å². The summed E-state index contributed by atoms with van der Waals surface area (Å²) in [4.78, 5) is 30.4. The Balaban J connectivity index is 1.39. The highest BCUT2D eigenvalue weighted by atomic mass is 16.5. The van der Waals surface area contributed by atoms with Gasteiger partial charge in [-0.15, -0.1) is 0 Å². The van der Waals surface area contributed by atoms with Crippen LogP contribution in [0.3, 0.4) is 0 Å². The first kappa shape index (κ1) is 20.4. The first-order chi connectivity index (χ1) is 15.5. The second-order valence-corrected chi connectivity index (χ2v) is 8.62. The van der Waals surface area contributed by atoms with Crippen molar-refractivity contribution in [2.75, 3.05) is 20.2 Å². The van der Waals surface area contributed by atoms with E-state index in [1.807, 2.05) is 83.6 Å². The zero-order valence-electron chi connectivity index (χ0n) is 18.4. The molecule has 6 heteroatoms. The van der Waals surface area contributed by atoms with Crippen molar-refractivity contribution in [3.8, 4) is 5.75 Å². The highest BCUT2D eigenvalue weighted by molar-refractivity contribution is 5.94. The number of carbonyl (C=O) groups is 2. The summed E-state index contributed by atoms with van der Waals surface area (Å²) in [5, 5.41) is 0. The van der Waals surface area contributed by atoms with Gasteiger partial charge in [-0.05, 0) is 47.9 Å². The molecular formula is C26H27N3O3. The van der Waals surface area contributed by atoms with Crippen LogP contribution in [0.5, 0.6) is 5.75 Å². The molecule has 2 aromatic carbocycles. The van der Waals surface area contributed by atoms with Crippen molar-refractivity contribution in [2.45, 2.75) is 32.0 Å². The third kappa shape index (κ3) is 3.55. The van der Waals surface area contributed by atoms with Gasteiger partial charge in [0.15, 0.2) is 0 Å². The fraction of sp³-hybridized carbons (Fsp3) is 0.308. The molecule has 1 saturated heterocycles. The van der Waals surface area contributed by atoms with E-state index in [1.54, 1.807) is 7.11 Å². The van der Waals surface area contributed by atoms with Crippen molar-refractivity contribution < 1.29 is 14.3 Å². The summed E-state index contributed by atoms with van der Waals surface area (Å²) >= 11 is 0. The average Bonchev–Trinajstić information content (AvgIpc) is 3.46.